The fourth-order valence-electron chi connectivity index (χ4n) is 3.11. The van der Waals surface area contributed by atoms with Crippen LogP contribution < -0.4 is 16.1 Å². The van der Waals surface area contributed by atoms with Crippen LogP contribution >= 0.6 is 0 Å². The molecule has 1 heterocycles. The Morgan fingerprint density at radius 3 is 1.53 bits per heavy atom. The summed E-state index contributed by atoms with van der Waals surface area (Å²) < 4.78 is 38.1. The Hall–Kier alpha value is -2.33. The number of carbonyl (C=O) groups is 2. The topological polar surface area (TPSA) is 95.1 Å². The van der Waals surface area contributed by atoms with Crippen LogP contribution in [0, 0.1) is 5.82 Å². The lowest BCUT2D eigenvalue weighted by atomic mass is 9.77. The zero-order chi connectivity index (χ0) is 26.1. The quantitative estimate of drug-likeness (QED) is 0.615. The number of nitrogens with one attached hydrogen (secondary N) is 2. The van der Waals surface area contributed by atoms with Crippen LogP contribution in [0.25, 0.3) is 0 Å². The van der Waals surface area contributed by atoms with E-state index in [1.807, 2.05) is 27.7 Å². The predicted molar refractivity (Wildman–Crippen MR) is 128 cm³/mol. The van der Waals surface area contributed by atoms with Crippen LogP contribution in [-0.4, -0.2) is 41.7 Å². The van der Waals surface area contributed by atoms with E-state index >= 15 is 4.39 Å². The maximum Gasteiger partial charge on any atom is 0.494 e. The zero-order valence-electron chi connectivity index (χ0n) is 22.0. The molecule has 0 radical (unpaired) electrons. The Bertz CT molecular complexity index is 852. The van der Waals surface area contributed by atoms with Gasteiger partial charge in [0.05, 0.1) is 11.2 Å². The van der Waals surface area contributed by atoms with Crippen LogP contribution in [0.2, 0.25) is 0 Å². The van der Waals surface area contributed by atoms with E-state index in [-0.39, 0.29) is 24.2 Å². The molecule has 1 aliphatic heterocycles. The van der Waals surface area contributed by atoms with Gasteiger partial charge in [-0.25, -0.2) is 14.0 Å². The van der Waals surface area contributed by atoms with E-state index in [1.54, 1.807) is 53.7 Å². The molecular formula is C24H38BFN2O6. The smallest absolute Gasteiger partial charge is 0.444 e. The lowest BCUT2D eigenvalue weighted by Gasteiger charge is -2.32. The van der Waals surface area contributed by atoms with E-state index in [4.69, 9.17) is 18.8 Å². The van der Waals surface area contributed by atoms with Gasteiger partial charge in [0.15, 0.2) is 0 Å². The number of hydrogen-bond donors (Lipinski definition) is 2. The first-order chi connectivity index (χ1) is 15.3. The molecule has 10 heteroatoms. The first-order valence-electron chi connectivity index (χ1n) is 11.4. The fraction of sp³-hybridized carbons (Fsp3) is 0.667. The van der Waals surface area contributed by atoms with E-state index in [1.165, 1.54) is 0 Å². The van der Waals surface area contributed by atoms with E-state index in [9.17, 15) is 9.59 Å². The molecule has 190 valence electrons. The molecule has 2 rings (SSSR count). The molecule has 8 nitrogen and oxygen atoms in total. The molecule has 0 saturated carbocycles. The summed E-state index contributed by atoms with van der Waals surface area (Å²) in [6.45, 7) is 17.9. The molecule has 0 bridgehead atoms. The Morgan fingerprint density at radius 1 is 0.853 bits per heavy atom. The van der Waals surface area contributed by atoms with Crippen molar-refractivity contribution in [2.24, 2.45) is 0 Å². The van der Waals surface area contributed by atoms with Crippen LogP contribution in [0.5, 0.6) is 0 Å². The molecule has 2 amide bonds. The number of ether oxygens (including phenoxy) is 2. The van der Waals surface area contributed by atoms with E-state index in [0.29, 0.717) is 5.46 Å². The Balaban J connectivity index is 2.31. The molecule has 1 fully saturated rings. The number of hydrogen-bond acceptors (Lipinski definition) is 6. The second kappa shape index (κ2) is 9.74. The average molecular weight is 480 g/mol. The molecule has 2 N–H and O–H groups in total. The second-order valence-corrected chi connectivity index (χ2v) is 11.5. The SMILES string of the molecule is CC(C)(C)OC(=O)NCc1cc(B2OC(C)(C)C(C)(C)O2)cc(CNC(=O)OC(C)(C)C)c1F. The van der Waals surface area contributed by atoms with Gasteiger partial charge in [-0.2, -0.15) is 0 Å². The summed E-state index contributed by atoms with van der Waals surface area (Å²) in [7, 11) is -0.744. The van der Waals surface area contributed by atoms with Gasteiger partial charge in [-0.05, 0) is 74.7 Å². The molecule has 1 aromatic rings. The summed E-state index contributed by atoms with van der Waals surface area (Å²) in [4.78, 5) is 24.2. The highest BCUT2D eigenvalue weighted by Crippen LogP contribution is 2.36. The lowest BCUT2D eigenvalue weighted by molar-refractivity contribution is 0.00578. The summed E-state index contributed by atoms with van der Waals surface area (Å²) in [5.74, 6) is -0.563. The van der Waals surface area contributed by atoms with Crippen molar-refractivity contribution in [3.8, 4) is 0 Å². The summed E-state index contributed by atoms with van der Waals surface area (Å²) in [5.41, 5.74) is -1.56. The second-order valence-electron chi connectivity index (χ2n) is 11.5. The van der Waals surface area contributed by atoms with Crippen LogP contribution in [0.3, 0.4) is 0 Å². The lowest BCUT2D eigenvalue weighted by Crippen LogP contribution is -2.41. The molecule has 0 unspecified atom stereocenters. The molecule has 1 aromatic carbocycles. The summed E-state index contributed by atoms with van der Waals surface area (Å²) in [5, 5.41) is 5.15. The van der Waals surface area contributed by atoms with Crippen LogP contribution in [0.4, 0.5) is 14.0 Å². The Labute approximate surface area is 202 Å². The number of carbonyl (C=O) groups excluding carboxylic acids is 2. The van der Waals surface area contributed by atoms with Gasteiger partial charge in [0.1, 0.15) is 17.0 Å². The van der Waals surface area contributed by atoms with Gasteiger partial charge in [0.25, 0.3) is 0 Å². The molecule has 0 aliphatic carbocycles. The monoisotopic (exact) mass is 480 g/mol. The molecular weight excluding hydrogens is 442 g/mol. The van der Waals surface area contributed by atoms with Crippen molar-refractivity contribution >= 4 is 24.8 Å². The molecule has 34 heavy (non-hydrogen) atoms. The maximum absolute atomic E-state index is 15.4. The van der Waals surface area contributed by atoms with Crippen LogP contribution in [0.1, 0.15) is 80.4 Å². The van der Waals surface area contributed by atoms with Gasteiger partial charge in [0, 0.05) is 24.2 Å². The van der Waals surface area contributed by atoms with E-state index in [0.717, 1.165) is 0 Å². The first-order valence-corrected chi connectivity index (χ1v) is 11.4. The van der Waals surface area contributed by atoms with E-state index in [2.05, 4.69) is 10.6 Å². The van der Waals surface area contributed by atoms with Crippen molar-refractivity contribution in [1.82, 2.24) is 10.6 Å². The first kappa shape index (κ1) is 27.9. The maximum atomic E-state index is 15.4. The highest BCUT2D eigenvalue weighted by Gasteiger charge is 2.51. The minimum Gasteiger partial charge on any atom is -0.444 e. The van der Waals surface area contributed by atoms with Crippen LogP contribution in [0.15, 0.2) is 12.1 Å². The van der Waals surface area contributed by atoms with Gasteiger partial charge in [0.2, 0.25) is 0 Å². The Kier molecular flexibility index (Phi) is 7.99. The third-order valence-electron chi connectivity index (χ3n) is 5.42. The number of halogens is 1. The van der Waals surface area contributed by atoms with Crippen molar-refractivity contribution in [3.63, 3.8) is 0 Å². The summed E-state index contributed by atoms with van der Waals surface area (Å²) in [6.07, 6.45) is -1.33. The normalized spacial score (nSPS) is 17.3. The Morgan fingerprint density at radius 2 is 1.21 bits per heavy atom. The van der Waals surface area contributed by atoms with Gasteiger partial charge in [-0.1, -0.05) is 12.1 Å². The minimum atomic E-state index is -0.744. The summed E-state index contributed by atoms with van der Waals surface area (Å²) >= 11 is 0. The van der Waals surface area contributed by atoms with E-state index < -0.39 is 47.5 Å². The zero-order valence-corrected chi connectivity index (χ0v) is 22.0. The van der Waals surface area contributed by atoms with Gasteiger partial charge in [-0.15, -0.1) is 0 Å². The van der Waals surface area contributed by atoms with Crippen molar-refractivity contribution in [3.05, 3.63) is 29.1 Å². The fourth-order valence-corrected chi connectivity index (χ4v) is 3.11. The third kappa shape index (κ3) is 7.60. The predicted octanol–water partition coefficient (Wildman–Crippen LogP) is 4.17. The van der Waals surface area contributed by atoms with Crippen LogP contribution in [-0.2, 0) is 31.9 Å². The number of alkyl carbamates (subject to hydrolysis) is 2. The average Bonchev–Trinajstić information content (AvgIpc) is 2.84. The number of benzene rings is 1. The van der Waals surface area contributed by atoms with Gasteiger partial charge in [-0.3, -0.25) is 0 Å². The van der Waals surface area contributed by atoms with Crippen molar-refractivity contribution in [1.29, 1.82) is 0 Å². The highest BCUT2D eigenvalue weighted by molar-refractivity contribution is 6.62. The molecule has 0 atom stereocenters. The van der Waals surface area contributed by atoms with Crippen molar-refractivity contribution in [2.75, 3.05) is 0 Å². The van der Waals surface area contributed by atoms with Crippen molar-refractivity contribution < 1.29 is 32.8 Å². The molecule has 0 spiro atoms. The molecule has 0 aromatic heterocycles. The molecule has 1 saturated heterocycles. The molecule has 1 aliphatic rings. The minimum absolute atomic E-state index is 0.118. The largest absolute Gasteiger partial charge is 0.494 e. The van der Waals surface area contributed by atoms with Crippen molar-refractivity contribution in [2.45, 2.75) is 105 Å². The standard InChI is InChI=1S/C24H38BFN2O6/c1-21(2,3)31-19(29)27-13-15-11-17(25-33-23(7,8)24(9,10)34-25)12-16(18(15)26)14-28-20(30)32-22(4,5)6/h11-12H,13-14H2,1-10H3,(H,27,29)(H,28,30). The number of rotatable bonds is 5. The van der Waals surface area contributed by atoms with Gasteiger partial charge >= 0.3 is 19.3 Å². The highest BCUT2D eigenvalue weighted by atomic mass is 19.1. The number of amides is 2. The third-order valence-corrected chi connectivity index (χ3v) is 5.42. The summed E-state index contributed by atoms with van der Waals surface area (Å²) in [6, 6.07) is 3.18. The van der Waals surface area contributed by atoms with Gasteiger partial charge < -0.3 is 29.4 Å².